The van der Waals surface area contributed by atoms with Crippen molar-refractivity contribution in [1.29, 1.82) is 0 Å². The number of nitrogen functional groups attached to an aromatic ring is 1. The van der Waals surface area contributed by atoms with Gasteiger partial charge in [-0.15, -0.1) is 0 Å². The van der Waals surface area contributed by atoms with Gasteiger partial charge in [0.2, 0.25) is 5.91 Å². The molecular formula is C20H24N2O. The predicted octanol–water partition coefficient (Wildman–Crippen LogP) is 3.29. The molecule has 1 heterocycles. The van der Waals surface area contributed by atoms with E-state index in [9.17, 15) is 4.79 Å². The molecule has 0 aliphatic carbocycles. The summed E-state index contributed by atoms with van der Waals surface area (Å²) in [5, 5.41) is 0. The van der Waals surface area contributed by atoms with Gasteiger partial charge in [0, 0.05) is 18.8 Å². The van der Waals surface area contributed by atoms with E-state index in [2.05, 4.69) is 12.1 Å². The molecule has 3 nitrogen and oxygen atoms in total. The van der Waals surface area contributed by atoms with Gasteiger partial charge >= 0.3 is 0 Å². The molecule has 1 fully saturated rings. The first-order valence-electron chi connectivity index (χ1n) is 8.37. The van der Waals surface area contributed by atoms with Crippen molar-refractivity contribution in [2.24, 2.45) is 5.92 Å². The fourth-order valence-electron chi connectivity index (χ4n) is 3.26. The second-order valence-electron chi connectivity index (χ2n) is 6.43. The topological polar surface area (TPSA) is 46.3 Å². The Kier molecular flexibility index (Phi) is 4.96. The molecule has 0 radical (unpaired) electrons. The van der Waals surface area contributed by atoms with Gasteiger partial charge in [-0.05, 0) is 48.4 Å². The summed E-state index contributed by atoms with van der Waals surface area (Å²) in [6.45, 7) is 1.76. The Morgan fingerprint density at radius 1 is 0.957 bits per heavy atom. The van der Waals surface area contributed by atoms with Crippen LogP contribution < -0.4 is 5.73 Å². The number of rotatable bonds is 4. The molecule has 1 saturated heterocycles. The Morgan fingerprint density at radius 2 is 1.61 bits per heavy atom. The normalized spacial score (nSPS) is 15.6. The summed E-state index contributed by atoms with van der Waals surface area (Å²) in [4.78, 5) is 14.4. The molecule has 120 valence electrons. The lowest BCUT2D eigenvalue weighted by atomic mass is 9.90. The highest BCUT2D eigenvalue weighted by Crippen LogP contribution is 2.22. The number of anilines is 1. The molecule has 2 aromatic rings. The van der Waals surface area contributed by atoms with Gasteiger partial charge < -0.3 is 10.6 Å². The zero-order valence-electron chi connectivity index (χ0n) is 13.4. The van der Waals surface area contributed by atoms with Crippen LogP contribution in [0.2, 0.25) is 0 Å². The van der Waals surface area contributed by atoms with E-state index in [0.717, 1.165) is 43.6 Å². The number of benzene rings is 2. The van der Waals surface area contributed by atoms with Crippen molar-refractivity contribution in [1.82, 2.24) is 4.90 Å². The lowest BCUT2D eigenvalue weighted by molar-refractivity contribution is -0.131. The van der Waals surface area contributed by atoms with Crippen molar-refractivity contribution >= 4 is 11.6 Å². The molecule has 3 rings (SSSR count). The molecule has 0 atom stereocenters. The van der Waals surface area contributed by atoms with E-state index in [4.69, 9.17) is 5.73 Å². The van der Waals surface area contributed by atoms with Gasteiger partial charge in [-0.2, -0.15) is 0 Å². The summed E-state index contributed by atoms with van der Waals surface area (Å²) in [6, 6.07) is 18.2. The molecule has 23 heavy (non-hydrogen) atoms. The largest absolute Gasteiger partial charge is 0.399 e. The quantitative estimate of drug-likeness (QED) is 0.881. The lowest BCUT2D eigenvalue weighted by Crippen LogP contribution is -2.39. The molecule has 1 aliphatic rings. The SMILES string of the molecule is Nc1ccc(CC2CCN(C(=O)Cc3ccccc3)CC2)cc1. The van der Waals surface area contributed by atoms with E-state index in [1.165, 1.54) is 5.56 Å². The van der Waals surface area contributed by atoms with E-state index >= 15 is 0 Å². The van der Waals surface area contributed by atoms with Gasteiger partial charge in [0.1, 0.15) is 0 Å². The van der Waals surface area contributed by atoms with Crippen LogP contribution in [0.15, 0.2) is 54.6 Å². The second-order valence-corrected chi connectivity index (χ2v) is 6.43. The number of hydrogen-bond acceptors (Lipinski definition) is 2. The average molecular weight is 308 g/mol. The van der Waals surface area contributed by atoms with Crippen LogP contribution in [0.25, 0.3) is 0 Å². The first-order chi connectivity index (χ1) is 11.2. The highest BCUT2D eigenvalue weighted by atomic mass is 16.2. The third-order valence-electron chi connectivity index (χ3n) is 4.67. The predicted molar refractivity (Wildman–Crippen MR) is 94.0 cm³/mol. The van der Waals surface area contributed by atoms with E-state index in [0.29, 0.717) is 12.3 Å². The van der Waals surface area contributed by atoms with Crippen LogP contribution in [0.4, 0.5) is 5.69 Å². The molecule has 0 spiro atoms. The van der Waals surface area contributed by atoms with E-state index < -0.39 is 0 Å². The fourth-order valence-corrected chi connectivity index (χ4v) is 3.26. The molecule has 1 amide bonds. The maximum absolute atomic E-state index is 12.4. The van der Waals surface area contributed by atoms with E-state index in [1.54, 1.807) is 0 Å². The minimum Gasteiger partial charge on any atom is -0.399 e. The zero-order valence-corrected chi connectivity index (χ0v) is 13.4. The van der Waals surface area contributed by atoms with Crippen LogP contribution in [-0.4, -0.2) is 23.9 Å². The van der Waals surface area contributed by atoms with Crippen molar-refractivity contribution in [3.05, 3.63) is 65.7 Å². The fraction of sp³-hybridized carbons (Fsp3) is 0.350. The number of nitrogens with zero attached hydrogens (tertiary/aromatic N) is 1. The lowest BCUT2D eigenvalue weighted by Gasteiger charge is -2.32. The summed E-state index contributed by atoms with van der Waals surface area (Å²) in [5.74, 6) is 0.918. The van der Waals surface area contributed by atoms with Crippen molar-refractivity contribution < 1.29 is 4.79 Å². The first kappa shape index (κ1) is 15.6. The molecule has 0 aromatic heterocycles. The molecule has 2 aromatic carbocycles. The number of nitrogens with two attached hydrogens (primary N) is 1. The van der Waals surface area contributed by atoms with Gasteiger partial charge in [0.25, 0.3) is 0 Å². The van der Waals surface area contributed by atoms with Crippen LogP contribution in [0, 0.1) is 5.92 Å². The summed E-state index contributed by atoms with van der Waals surface area (Å²) in [6.07, 6.45) is 3.78. The smallest absolute Gasteiger partial charge is 0.226 e. The molecule has 0 bridgehead atoms. The van der Waals surface area contributed by atoms with Crippen LogP contribution in [0.3, 0.4) is 0 Å². The van der Waals surface area contributed by atoms with Gasteiger partial charge in [0.05, 0.1) is 6.42 Å². The number of piperidine rings is 1. The molecular weight excluding hydrogens is 284 g/mol. The molecule has 1 aliphatic heterocycles. The van der Waals surface area contributed by atoms with Gasteiger partial charge in [0.15, 0.2) is 0 Å². The van der Waals surface area contributed by atoms with E-state index in [-0.39, 0.29) is 5.91 Å². The van der Waals surface area contributed by atoms with Crippen LogP contribution in [0.1, 0.15) is 24.0 Å². The van der Waals surface area contributed by atoms with Gasteiger partial charge in [-0.25, -0.2) is 0 Å². The highest BCUT2D eigenvalue weighted by molar-refractivity contribution is 5.78. The number of likely N-dealkylation sites (tertiary alicyclic amines) is 1. The number of amides is 1. The molecule has 3 heteroatoms. The van der Waals surface area contributed by atoms with Crippen molar-refractivity contribution in [2.45, 2.75) is 25.7 Å². The van der Waals surface area contributed by atoms with Crippen molar-refractivity contribution in [3.8, 4) is 0 Å². The summed E-state index contributed by atoms with van der Waals surface area (Å²) in [7, 11) is 0. The molecule has 0 saturated carbocycles. The molecule has 2 N–H and O–H groups in total. The van der Waals surface area contributed by atoms with Crippen LogP contribution >= 0.6 is 0 Å². The van der Waals surface area contributed by atoms with Crippen molar-refractivity contribution in [2.75, 3.05) is 18.8 Å². The first-order valence-corrected chi connectivity index (χ1v) is 8.37. The number of hydrogen-bond donors (Lipinski definition) is 1. The zero-order chi connectivity index (χ0) is 16.1. The third-order valence-corrected chi connectivity index (χ3v) is 4.67. The summed E-state index contributed by atoms with van der Waals surface area (Å²) < 4.78 is 0. The maximum Gasteiger partial charge on any atom is 0.226 e. The number of carbonyl (C=O) groups excluding carboxylic acids is 1. The Labute approximate surface area is 138 Å². The highest BCUT2D eigenvalue weighted by Gasteiger charge is 2.22. The van der Waals surface area contributed by atoms with Gasteiger partial charge in [-0.3, -0.25) is 4.79 Å². The average Bonchev–Trinajstić information content (AvgIpc) is 2.58. The monoisotopic (exact) mass is 308 g/mol. The van der Waals surface area contributed by atoms with Crippen LogP contribution in [0.5, 0.6) is 0 Å². The minimum atomic E-state index is 0.252. The third kappa shape index (κ3) is 4.35. The summed E-state index contributed by atoms with van der Waals surface area (Å²) in [5.41, 5.74) is 8.98. The second kappa shape index (κ2) is 7.32. The maximum atomic E-state index is 12.4. The Morgan fingerprint density at radius 3 is 2.26 bits per heavy atom. The summed E-state index contributed by atoms with van der Waals surface area (Å²) >= 11 is 0. The Bertz CT molecular complexity index is 628. The van der Waals surface area contributed by atoms with Crippen LogP contribution in [-0.2, 0) is 17.6 Å². The van der Waals surface area contributed by atoms with Gasteiger partial charge in [-0.1, -0.05) is 42.5 Å². The van der Waals surface area contributed by atoms with Crippen molar-refractivity contribution in [3.63, 3.8) is 0 Å². The Hall–Kier alpha value is -2.29. The molecule has 0 unspecified atom stereocenters. The number of carbonyl (C=O) groups is 1. The Balaban J connectivity index is 1.48. The van der Waals surface area contributed by atoms with E-state index in [1.807, 2.05) is 47.4 Å². The standard InChI is InChI=1S/C20H24N2O/c21-19-8-6-17(7-9-19)14-18-10-12-22(13-11-18)20(23)15-16-4-2-1-3-5-16/h1-9,18H,10-15,21H2. The minimum absolute atomic E-state index is 0.252.